The number of rotatable bonds is 0. The molecule has 3 aliphatic rings. The van der Waals surface area contributed by atoms with Gasteiger partial charge in [-0.1, -0.05) is 6.92 Å². The molecule has 4 atom stereocenters. The number of esters is 1. The molecule has 0 aromatic rings. The first-order valence-electron chi connectivity index (χ1n) is 5.07. The molecule has 3 heterocycles. The first-order chi connectivity index (χ1) is 6.20. The summed E-state index contributed by atoms with van der Waals surface area (Å²) < 4.78 is 11.2. The smallest absolute Gasteiger partial charge is 0.309 e. The van der Waals surface area contributed by atoms with Gasteiger partial charge in [0.15, 0.2) is 0 Å². The second-order valence-corrected chi connectivity index (χ2v) is 4.63. The number of hydrogen-bond acceptors (Lipinski definition) is 3. The van der Waals surface area contributed by atoms with E-state index >= 15 is 0 Å². The molecule has 3 nitrogen and oxygen atoms in total. The van der Waals surface area contributed by atoms with Crippen LogP contribution in [0.1, 0.15) is 32.6 Å². The monoisotopic (exact) mass is 182 g/mol. The normalized spacial score (nSPS) is 53.3. The van der Waals surface area contributed by atoms with Gasteiger partial charge in [-0.3, -0.25) is 4.79 Å². The first kappa shape index (κ1) is 7.80. The predicted molar refractivity (Wildman–Crippen MR) is 45.1 cm³/mol. The van der Waals surface area contributed by atoms with Crippen LogP contribution in [-0.4, -0.2) is 23.8 Å². The van der Waals surface area contributed by atoms with Crippen LogP contribution in [0.3, 0.4) is 0 Å². The summed E-state index contributed by atoms with van der Waals surface area (Å²) in [5.74, 6) is 0.478. The Morgan fingerprint density at radius 2 is 2.38 bits per heavy atom. The van der Waals surface area contributed by atoms with E-state index in [9.17, 15) is 4.79 Å². The predicted octanol–water partition coefficient (Wildman–Crippen LogP) is 1.26. The lowest BCUT2D eigenvalue weighted by molar-refractivity contribution is -0.155. The molecule has 3 aliphatic heterocycles. The molecule has 3 rings (SSSR count). The molecule has 0 aliphatic carbocycles. The lowest BCUT2D eigenvalue weighted by atomic mass is 9.88. The summed E-state index contributed by atoms with van der Waals surface area (Å²) >= 11 is 0. The van der Waals surface area contributed by atoms with Gasteiger partial charge in [0.05, 0.1) is 12.5 Å². The van der Waals surface area contributed by atoms with Crippen LogP contribution < -0.4 is 0 Å². The zero-order valence-corrected chi connectivity index (χ0v) is 7.79. The van der Waals surface area contributed by atoms with Crippen LogP contribution in [0.25, 0.3) is 0 Å². The Hall–Kier alpha value is -0.570. The van der Waals surface area contributed by atoms with E-state index in [4.69, 9.17) is 9.47 Å². The van der Waals surface area contributed by atoms with Gasteiger partial charge in [0, 0.05) is 0 Å². The Bertz CT molecular complexity index is 263. The number of carbonyl (C=O) groups is 1. The molecule has 1 spiro atoms. The molecule has 0 aromatic heterocycles. The summed E-state index contributed by atoms with van der Waals surface area (Å²) in [7, 11) is 0. The summed E-state index contributed by atoms with van der Waals surface area (Å²) in [5.41, 5.74) is -0.214. The van der Waals surface area contributed by atoms with Crippen LogP contribution in [-0.2, 0) is 14.3 Å². The fourth-order valence-corrected chi connectivity index (χ4v) is 2.99. The van der Waals surface area contributed by atoms with Gasteiger partial charge in [-0.25, -0.2) is 0 Å². The highest BCUT2D eigenvalue weighted by atomic mass is 16.6. The molecular weight excluding hydrogens is 168 g/mol. The first-order valence-corrected chi connectivity index (χ1v) is 5.07. The van der Waals surface area contributed by atoms with Crippen molar-refractivity contribution >= 4 is 5.97 Å². The van der Waals surface area contributed by atoms with Crippen molar-refractivity contribution in [3.63, 3.8) is 0 Å². The number of carbonyl (C=O) groups excluding carboxylic acids is 1. The standard InChI is InChI=1S/C10H14O3/c1-6-4-8-10(5-9(11)12-8)3-2-7(6)13-10/h6-8H,2-5H2,1H3/t6-,7+,8+,10+/m0/s1. The maximum atomic E-state index is 11.2. The topological polar surface area (TPSA) is 35.5 Å². The van der Waals surface area contributed by atoms with E-state index in [2.05, 4.69) is 6.92 Å². The van der Waals surface area contributed by atoms with Crippen LogP contribution in [0, 0.1) is 5.92 Å². The van der Waals surface area contributed by atoms with Crippen molar-refractivity contribution < 1.29 is 14.3 Å². The molecule has 0 unspecified atom stereocenters. The quantitative estimate of drug-likeness (QED) is 0.529. The van der Waals surface area contributed by atoms with E-state index in [1.165, 1.54) is 0 Å². The third-order valence-electron chi connectivity index (χ3n) is 3.76. The molecule has 0 saturated carbocycles. The van der Waals surface area contributed by atoms with Crippen molar-refractivity contribution in [2.24, 2.45) is 5.92 Å². The van der Waals surface area contributed by atoms with Crippen LogP contribution in [0.5, 0.6) is 0 Å². The van der Waals surface area contributed by atoms with Crippen LogP contribution >= 0.6 is 0 Å². The molecule has 3 fully saturated rings. The molecule has 3 saturated heterocycles. The van der Waals surface area contributed by atoms with Gasteiger partial charge in [-0.2, -0.15) is 0 Å². The largest absolute Gasteiger partial charge is 0.459 e. The lowest BCUT2D eigenvalue weighted by Gasteiger charge is -2.36. The summed E-state index contributed by atoms with van der Waals surface area (Å²) in [6.45, 7) is 2.19. The summed E-state index contributed by atoms with van der Waals surface area (Å²) in [6.07, 6.45) is 4.03. The van der Waals surface area contributed by atoms with E-state index in [0.717, 1.165) is 19.3 Å². The maximum absolute atomic E-state index is 11.2. The molecule has 0 amide bonds. The fraction of sp³-hybridized carbons (Fsp3) is 0.900. The highest BCUT2D eigenvalue weighted by Gasteiger charge is 2.58. The van der Waals surface area contributed by atoms with Crippen molar-refractivity contribution in [2.45, 2.75) is 50.4 Å². The van der Waals surface area contributed by atoms with Crippen molar-refractivity contribution in [3.05, 3.63) is 0 Å². The van der Waals surface area contributed by atoms with Gasteiger partial charge in [0.25, 0.3) is 0 Å². The zero-order chi connectivity index (χ0) is 9.05. The molecule has 0 aromatic carbocycles. The minimum absolute atomic E-state index is 0.0498. The molecule has 0 N–H and O–H groups in total. The Kier molecular flexibility index (Phi) is 1.36. The van der Waals surface area contributed by atoms with Crippen LogP contribution in [0.15, 0.2) is 0 Å². The Labute approximate surface area is 77.4 Å². The van der Waals surface area contributed by atoms with Gasteiger partial charge in [0.1, 0.15) is 11.7 Å². The van der Waals surface area contributed by atoms with Gasteiger partial charge < -0.3 is 9.47 Å². The number of hydrogen-bond donors (Lipinski definition) is 0. The molecule has 3 heteroatoms. The number of ether oxygens (including phenoxy) is 2. The van der Waals surface area contributed by atoms with Gasteiger partial charge in [-0.05, 0) is 25.2 Å². The van der Waals surface area contributed by atoms with E-state index in [0.29, 0.717) is 18.4 Å². The third kappa shape index (κ3) is 0.909. The second-order valence-electron chi connectivity index (χ2n) is 4.63. The van der Waals surface area contributed by atoms with Crippen molar-refractivity contribution in [1.29, 1.82) is 0 Å². The average Bonchev–Trinajstić information content (AvgIpc) is 2.57. The van der Waals surface area contributed by atoms with Crippen LogP contribution in [0.2, 0.25) is 0 Å². The molecular formula is C10H14O3. The minimum Gasteiger partial charge on any atom is -0.459 e. The Morgan fingerprint density at radius 1 is 1.54 bits per heavy atom. The van der Waals surface area contributed by atoms with E-state index in [-0.39, 0.29) is 17.7 Å². The zero-order valence-electron chi connectivity index (χ0n) is 7.79. The van der Waals surface area contributed by atoms with Gasteiger partial charge in [0.2, 0.25) is 0 Å². The Morgan fingerprint density at radius 3 is 3.23 bits per heavy atom. The number of fused-ring (bicyclic) bond motifs is 1. The highest BCUT2D eigenvalue weighted by Crippen LogP contribution is 2.50. The van der Waals surface area contributed by atoms with E-state index < -0.39 is 0 Å². The van der Waals surface area contributed by atoms with Crippen molar-refractivity contribution in [3.8, 4) is 0 Å². The summed E-state index contributed by atoms with van der Waals surface area (Å²) in [6, 6.07) is 0. The lowest BCUT2D eigenvalue weighted by Crippen LogP contribution is -2.45. The maximum Gasteiger partial charge on any atom is 0.309 e. The highest BCUT2D eigenvalue weighted by molar-refractivity contribution is 5.74. The molecule has 13 heavy (non-hydrogen) atoms. The second kappa shape index (κ2) is 2.27. The third-order valence-corrected chi connectivity index (χ3v) is 3.76. The average molecular weight is 182 g/mol. The molecule has 72 valence electrons. The van der Waals surface area contributed by atoms with Gasteiger partial charge >= 0.3 is 5.97 Å². The molecule has 0 radical (unpaired) electrons. The SMILES string of the molecule is C[C@H]1C[C@H]2OC(=O)C[C@]23CC[C@H]1O3. The van der Waals surface area contributed by atoms with Crippen LogP contribution in [0.4, 0.5) is 0 Å². The summed E-state index contributed by atoms with van der Waals surface area (Å²) in [4.78, 5) is 11.2. The van der Waals surface area contributed by atoms with Gasteiger partial charge in [-0.15, -0.1) is 0 Å². The summed E-state index contributed by atoms with van der Waals surface area (Å²) in [5, 5.41) is 0. The molecule has 2 bridgehead atoms. The van der Waals surface area contributed by atoms with Crippen molar-refractivity contribution in [1.82, 2.24) is 0 Å². The Balaban J connectivity index is 1.95. The van der Waals surface area contributed by atoms with E-state index in [1.807, 2.05) is 0 Å². The van der Waals surface area contributed by atoms with Crippen molar-refractivity contribution in [2.75, 3.05) is 0 Å². The fourth-order valence-electron chi connectivity index (χ4n) is 2.99. The van der Waals surface area contributed by atoms with E-state index in [1.54, 1.807) is 0 Å². The minimum atomic E-state index is -0.214.